The summed E-state index contributed by atoms with van der Waals surface area (Å²) in [5.74, 6) is 0.522. The van der Waals surface area contributed by atoms with Gasteiger partial charge in [-0.3, -0.25) is 4.79 Å². The second-order valence-electron chi connectivity index (χ2n) is 6.96. The number of carbonyl (C=O) groups excluding carboxylic acids is 1. The van der Waals surface area contributed by atoms with Crippen LogP contribution in [0.25, 0.3) is 11.8 Å². The van der Waals surface area contributed by atoms with Crippen molar-refractivity contribution < 1.29 is 9.53 Å². The summed E-state index contributed by atoms with van der Waals surface area (Å²) >= 11 is 0. The maximum Gasteiger partial charge on any atom is 0.262 e. The number of ether oxygens (including phenoxy) is 1. The van der Waals surface area contributed by atoms with E-state index in [1.54, 1.807) is 13.2 Å². The standard InChI is InChI=1S/C22H25N3O2/c1-16-12-17(15-25(16)20-8-10-21(27-2)11-9-20)13-18(14-23)22(26)24-19-6-4-3-5-7-19/h8-13,15,19H,3-7H2,1-2H3,(H,24,26)/b18-13+. The molecular formula is C22H25N3O2. The van der Waals surface area contributed by atoms with Gasteiger partial charge in [-0.05, 0) is 61.7 Å². The fraction of sp³-hybridized carbons (Fsp3) is 0.364. The average molecular weight is 363 g/mol. The molecule has 0 unspecified atom stereocenters. The molecule has 0 spiro atoms. The summed E-state index contributed by atoms with van der Waals surface area (Å²) in [7, 11) is 1.64. The molecule has 3 rings (SSSR count). The average Bonchev–Trinajstić information content (AvgIpc) is 3.07. The molecule has 27 heavy (non-hydrogen) atoms. The van der Waals surface area contributed by atoms with E-state index in [1.807, 2.05) is 54.1 Å². The van der Waals surface area contributed by atoms with Gasteiger partial charge in [-0.25, -0.2) is 0 Å². The molecule has 1 fully saturated rings. The van der Waals surface area contributed by atoms with Crippen molar-refractivity contribution in [2.45, 2.75) is 45.1 Å². The lowest BCUT2D eigenvalue weighted by Crippen LogP contribution is -2.36. The number of rotatable bonds is 5. The van der Waals surface area contributed by atoms with Crippen LogP contribution in [-0.2, 0) is 4.79 Å². The first-order valence-corrected chi connectivity index (χ1v) is 9.37. The minimum atomic E-state index is -0.278. The van der Waals surface area contributed by atoms with Gasteiger partial charge in [-0.2, -0.15) is 5.26 Å². The van der Waals surface area contributed by atoms with Crippen LogP contribution < -0.4 is 10.1 Å². The smallest absolute Gasteiger partial charge is 0.262 e. The van der Waals surface area contributed by atoms with Gasteiger partial charge in [0.15, 0.2) is 0 Å². The van der Waals surface area contributed by atoms with Gasteiger partial charge >= 0.3 is 0 Å². The Morgan fingerprint density at radius 3 is 2.59 bits per heavy atom. The molecule has 1 N–H and O–H groups in total. The molecule has 1 aliphatic rings. The Kier molecular flexibility index (Phi) is 5.97. The maximum atomic E-state index is 12.5. The summed E-state index contributed by atoms with van der Waals surface area (Å²) in [6.45, 7) is 2.00. The number of methoxy groups -OCH3 is 1. The second-order valence-corrected chi connectivity index (χ2v) is 6.96. The predicted molar refractivity (Wildman–Crippen MR) is 106 cm³/mol. The highest BCUT2D eigenvalue weighted by molar-refractivity contribution is 6.01. The van der Waals surface area contributed by atoms with Gasteiger partial charge in [0, 0.05) is 23.6 Å². The van der Waals surface area contributed by atoms with Crippen LogP contribution in [0.3, 0.4) is 0 Å². The molecular weight excluding hydrogens is 338 g/mol. The summed E-state index contributed by atoms with van der Waals surface area (Å²) in [6.07, 6.45) is 9.09. The molecule has 5 nitrogen and oxygen atoms in total. The first kappa shape index (κ1) is 18.8. The Hall–Kier alpha value is -3.00. The first-order chi connectivity index (χ1) is 13.1. The van der Waals surface area contributed by atoms with Crippen LogP contribution in [0, 0.1) is 18.3 Å². The van der Waals surface area contributed by atoms with E-state index in [1.165, 1.54) is 6.42 Å². The van der Waals surface area contributed by atoms with Gasteiger partial charge < -0.3 is 14.6 Å². The number of amides is 1. The van der Waals surface area contributed by atoms with Crippen LogP contribution in [0.2, 0.25) is 0 Å². The lowest BCUT2D eigenvalue weighted by Gasteiger charge is -2.22. The van der Waals surface area contributed by atoms with Crippen molar-refractivity contribution in [2.24, 2.45) is 0 Å². The van der Waals surface area contributed by atoms with E-state index in [-0.39, 0.29) is 17.5 Å². The minimum Gasteiger partial charge on any atom is -0.497 e. The van der Waals surface area contributed by atoms with E-state index in [0.717, 1.165) is 48.4 Å². The van der Waals surface area contributed by atoms with Gasteiger partial charge in [-0.15, -0.1) is 0 Å². The van der Waals surface area contributed by atoms with Crippen LogP contribution in [-0.4, -0.2) is 23.6 Å². The third-order valence-electron chi connectivity index (χ3n) is 5.00. The Morgan fingerprint density at radius 2 is 1.96 bits per heavy atom. The van der Waals surface area contributed by atoms with E-state index < -0.39 is 0 Å². The SMILES string of the molecule is COc1ccc(-n2cc(/C=C(\C#N)C(=O)NC3CCCCC3)cc2C)cc1. The molecule has 5 heteroatoms. The number of nitrogens with zero attached hydrogens (tertiary/aromatic N) is 2. The Balaban J connectivity index is 1.78. The van der Waals surface area contributed by atoms with Crippen molar-refractivity contribution >= 4 is 12.0 Å². The van der Waals surface area contributed by atoms with Crippen molar-refractivity contribution in [3.8, 4) is 17.5 Å². The fourth-order valence-electron chi connectivity index (χ4n) is 3.52. The number of nitriles is 1. The van der Waals surface area contributed by atoms with Gasteiger partial charge in [0.25, 0.3) is 5.91 Å². The third-order valence-corrected chi connectivity index (χ3v) is 5.00. The number of nitrogens with one attached hydrogen (secondary N) is 1. The van der Waals surface area contributed by atoms with Crippen LogP contribution >= 0.6 is 0 Å². The number of aromatic nitrogens is 1. The van der Waals surface area contributed by atoms with Gasteiger partial charge in [-0.1, -0.05) is 19.3 Å². The predicted octanol–water partition coefficient (Wildman–Crippen LogP) is 4.15. The number of carbonyl (C=O) groups is 1. The van der Waals surface area contributed by atoms with Gasteiger partial charge in [0.05, 0.1) is 7.11 Å². The van der Waals surface area contributed by atoms with Gasteiger partial charge in [0.1, 0.15) is 17.4 Å². The van der Waals surface area contributed by atoms with E-state index in [9.17, 15) is 10.1 Å². The molecule has 1 heterocycles. The van der Waals surface area contributed by atoms with Gasteiger partial charge in [0.2, 0.25) is 0 Å². The molecule has 0 aliphatic heterocycles. The molecule has 0 saturated heterocycles. The first-order valence-electron chi connectivity index (χ1n) is 9.37. The van der Waals surface area contributed by atoms with Crippen LogP contribution in [0.15, 0.2) is 42.1 Å². The summed E-state index contributed by atoms with van der Waals surface area (Å²) in [4.78, 5) is 12.5. The highest BCUT2D eigenvalue weighted by Crippen LogP contribution is 2.21. The minimum absolute atomic E-state index is 0.146. The Labute approximate surface area is 160 Å². The van der Waals surface area contributed by atoms with E-state index in [0.29, 0.717) is 0 Å². The monoisotopic (exact) mass is 363 g/mol. The van der Waals surface area contributed by atoms with Crippen molar-refractivity contribution in [2.75, 3.05) is 7.11 Å². The lowest BCUT2D eigenvalue weighted by molar-refractivity contribution is -0.117. The van der Waals surface area contributed by atoms with Crippen LogP contribution in [0.1, 0.15) is 43.4 Å². The largest absolute Gasteiger partial charge is 0.497 e. The molecule has 0 bridgehead atoms. The summed E-state index contributed by atoms with van der Waals surface area (Å²) < 4.78 is 7.22. The molecule has 1 aromatic carbocycles. The number of hydrogen-bond acceptors (Lipinski definition) is 3. The zero-order valence-electron chi connectivity index (χ0n) is 15.9. The quantitative estimate of drug-likeness (QED) is 0.641. The lowest BCUT2D eigenvalue weighted by atomic mass is 9.95. The Bertz CT molecular complexity index is 866. The molecule has 1 aromatic heterocycles. The molecule has 0 atom stereocenters. The molecule has 1 amide bonds. The molecule has 0 radical (unpaired) electrons. The summed E-state index contributed by atoms with van der Waals surface area (Å²) in [6, 6.07) is 12.0. The summed E-state index contributed by atoms with van der Waals surface area (Å²) in [5, 5.41) is 12.4. The van der Waals surface area contributed by atoms with E-state index in [4.69, 9.17) is 4.74 Å². The highest BCUT2D eigenvalue weighted by atomic mass is 16.5. The zero-order valence-corrected chi connectivity index (χ0v) is 15.9. The summed E-state index contributed by atoms with van der Waals surface area (Å²) in [5.41, 5.74) is 3.00. The molecule has 140 valence electrons. The van der Waals surface area contributed by atoms with Crippen molar-refractivity contribution in [1.29, 1.82) is 5.26 Å². The molecule has 2 aromatic rings. The van der Waals surface area contributed by atoms with Crippen molar-refractivity contribution in [3.05, 3.63) is 53.4 Å². The van der Waals surface area contributed by atoms with Crippen molar-refractivity contribution in [1.82, 2.24) is 9.88 Å². The topological polar surface area (TPSA) is 67.0 Å². The Morgan fingerprint density at radius 1 is 1.26 bits per heavy atom. The van der Waals surface area contributed by atoms with Crippen LogP contribution in [0.4, 0.5) is 0 Å². The molecule has 1 saturated carbocycles. The number of aryl methyl sites for hydroxylation is 1. The number of hydrogen-bond donors (Lipinski definition) is 1. The highest BCUT2D eigenvalue weighted by Gasteiger charge is 2.18. The van der Waals surface area contributed by atoms with Crippen molar-refractivity contribution in [3.63, 3.8) is 0 Å². The fourth-order valence-corrected chi connectivity index (χ4v) is 3.52. The molecule has 1 aliphatic carbocycles. The normalized spacial score (nSPS) is 15.2. The zero-order chi connectivity index (χ0) is 19.2. The maximum absolute atomic E-state index is 12.5. The van der Waals surface area contributed by atoms with E-state index in [2.05, 4.69) is 5.32 Å². The van der Waals surface area contributed by atoms with Crippen LogP contribution in [0.5, 0.6) is 5.75 Å². The number of benzene rings is 1. The van der Waals surface area contributed by atoms with E-state index >= 15 is 0 Å². The third kappa shape index (κ3) is 4.59. The second kappa shape index (κ2) is 8.59.